The summed E-state index contributed by atoms with van der Waals surface area (Å²) in [5, 5.41) is 4.35. The third-order valence-electron chi connectivity index (χ3n) is 7.77. The fourth-order valence-electron chi connectivity index (χ4n) is 5.79. The van der Waals surface area contributed by atoms with E-state index in [1.165, 1.54) is 23.9 Å². The molecular formula is C28H37F2N3OS. The molecule has 0 spiro atoms. The predicted octanol–water partition coefficient (Wildman–Crippen LogP) is 8.35. The van der Waals surface area contributed by atoms with Gasteiger partial charge in [0.25, 0.3) is 6.43 Å². The van der Waals surface area contributed by atoms with Crippen LogP contribution in [0.2, 0.25) is 0 Å². The summed E-state index contributed by atoms with van der Waals surface area (Å²) in [7, 11) is 1.63. The molecule has 0 amide bonds. The van der Waals surface area contributed by atoms with Crippen LogP contribution in [0.25, 0.3) is 0 Å². The molecule has 0 N–H and O–H groups in total. The molecule has 1 aromatic heterocycles. The zero-order valence-electron chi connectivity index (χ0n) is 21.1. The SMILES string of the molecule is CCCC1CCC(c2ccccc2/N=C(/SC(=O)C2(C)CCCCC2)c2cn(C)nc2C(F)F)C1. The molecule has 190 valence electrons. The number of para-hydroxylation sites is 1. The number of aryl methyl sites for hydroxylation is 1. The van der Waals surface area contributed by atoms with Crippen LogP contribution in [0.3, 0.4) is 0 Å². The molecule has 0 radical (unpaired) electrons. The molecule has 4 rings (SSSR count). The van der Waals surface area contributed by atoms with Crippen molar-refractivity contribution in [3.05, 3.63) is 47.3 Å². The third kappa shape index (κ3) is 6.04. The average Bonchev–Trinajstić information content (AvgIpc) is 3.46. The van der Waals surface area contributed by atoms with Crippen molar-refractivity contribution in [1.29, 1.82) is 0 Å². The molecule has 1 aromatic carbocycles. The molecular weight excluding hydrogens is 464 g/mol. The second kappa shape index (κ2) is 11.4. The summed E-state index contributed by atoms with van der Waals surface area (Å²) < 4.78 is 29.2. The highest BCUT2D eigenvalue weighted by Crippen LogP contribution is 2.45. The van der Waals surface area contributed by atoms with Gasteiger partial charge in [0.15, 0.2) is 0 Å². The smallest absolute Gasteiger partial charge is 0.282 e. The molecule has 2 fully saturated rings. The molecule has 2 unspecified atom stereocenters. The van der Waals surface area contributed by atoms with E-state index in [0.717, 1.165) is 73.9 Å². The molecule has 0 bridgehead atoms. The number of aliphatic imine (C=N–C) groups is 1. The first kappa shape index (κ1) is 26.1. The lowest BCUT2D eigenvalue weighted by Crippen LogP contribution is -2.29. The number of benzene rings is 1. The van der Waals surface area contributed by atoms with Gasteiger partial charge in [0, 0.05) is 18.7 Å². The Balaban J connectivity index is 1.72. The normalized spacial score (nSPS) is 22.6. The molecule has 2 aliphatic rings. The number of thioether (sulfide) groups is 1. The molecule has 0 aliphatic heterocycles. The molecule has 2 atom stereocenters. The zero-order valence-corrected chi connectivity index (χ0v) is 21.9. The van der Waals surface area contributed by atoms with Gasteiger partial charge in [0.05, 0.1) is 11.3 Å². The lowest BCUT2D eigenvalue weighted by Gasteiger charge is -2.31. The number of rotatable bonds is 7. The first-order valence-corrected chi connectivity index (χ1v) is 13.8. The second-order valence-electron chi connectivity index (χ2n) is 10.6. The van der Waals surface area contributed by atoms with Gasteiger partial charge < -0.3 is 0 Å². The fourth-order valence-corrected chi connectivity index (χ4v) is 6.83. The zero-order chi connectivity index (χ0) is 25.0. The summed E-state index contributed by atoms with van der Waals surface area (Å²) in [5.41, 5.74) is 1.42. The summed E-state index contributed by atoms with van der Waals surface area (Å²) in [6.45, 7) is 4.24. The largest absolute Gasteiger partial charge is 0.286 e. The quantitative estimate of drug-likeness (QED) is 0.283. The second-order valence-corrected chi connectivity index (χ2v) is 11.5. The highest BCUT2D eigenvalue weighted by Gasteiger charge is 2.37. The number of aromatic nitrogens is 2. The maximum absolute atomic E-state index is 13.9. The van der Waals surface area contributed by atoms with Gasteiger partial charge in [-0.3, -0.25) is 9.48 Å². The van der Waals surface area contributed by atoms with Crippen molar-refractivity contribution in [3.63, 3.8) is 0 Å². The minimum atomic E-state index is -2.74. The fraction of sp³-hybridized carbons (Fsp3) is 0.607. The Morgan fingerprint density at radius 3 is 2.69 bits per heavy atom. The Morgan fingerprint density at radius 2 is 1.97 bits per heavy atom. The lowest BCUT2D eigenvalue weighted by molar-refractivity contribution is -0.120. The Morgan fingerprint density at radius 1 is 1.23 bits per heavy atom. The average molecular weight is 502 g/mol. The molecule has 1 heterocycles. The van der Waals surface area contributed by atoms with E-state index < -0.39 is 11.8 Å². The summed E-state index contributed by atoms with van der Waals surface area (Å²) >= 11 is 1.03. The Kier molecular flexibility index (Phi) is 8.46. The van der Waals surface area contributed by atoms with E-state index in [1.54, 1.807) is 13.2 Å². The van der Waals surface area contributed by atoms with E-state index in [9.17, 15) is 13.6 Å². The van der Waals surface area contributed by atoms with Crippen LogP contribution < -0.4 is 0 Å². The summed E-state index contributed by atoms with van der Waals surface area (Å²) in [4.78, 5) is 18.4. The van der Waals surface area contributed by atoms with Gasteiger partial charge in [-0.05, 0) is 67.3 Å². The Hall–Kier alpha value is -2.02. The van der Waals surface area contributed by atoms with E-state index in [1.807, 2.05) is 25.1 Å². The van der Waals surface area contributed by atoms with Crippen molar-refractivity contribution in [3.8, 4) is 0 Å². The van der Waals surface area contributed by atoms with Crippen LogP contribution in [0, 0.1) is 11.3 Å². The van der Waals surface area contributed by atoms with Gasteiger partial charge in [-0.1, -0.05) is 64.2 Å². The first-order valence-electron chi connectivity index (χ1n) is 13.0. The van der Waals surface area contributed by atoms with Crippen LogP contribution in [0.1, 0.15) is 107 Å². The van der Waals surface area contributed by atoms with Crippen molar-refractivity contribution in [1.82, 2.24) is 9.78 Å². The number of hydrogen-bond acceptors (Lipinski definition) is 4. The summed E-state index contributed by atoms with van der Waals surface area (Å²) in [5.74, 6) is 1.14. The molecule has 2 saturated carbocycles. The Bertz CT molecular complexity index is 1060. The van der Waals surface area contributed by atoms with Crippen LogP contribution in [0.15, 0.2) is 35.5 Å². The number of halogens is 2. The number of carbonyl (C=O) groups is 1. The van der Waals surface area contributed by atoms with Crippen LogP contribution >= 0.6 is 11.8 Å². The topological polar surface area (TPSA) is 47.2 Å². The van der Waals surface area contributed by atoms with Crippen molar-refractivity contribution >= 4 is 27.6 Å². The summed E-state index contributed by atoms with van der Waals surface area (Å²) in [6, 6.07) is 8.03. The van der Waals surface area contributed by atoms with Gasteiger partial charge >= 0.3 is 0 Å². The summed E-state index contributed by atoms with van der Waals surface area (Å²) in [6.07, 6.45) is 9.57. The van der Waals surface area contributed by atoms with Crippen molar-refractivity contribution in [2.45, 2.75) is 90.4 Å². The van der Waals surface area contributed by atoms with E-state index in [0.29, 0.717) is 11.0 Å². The van der Waals surface area contributed by atoms with Gasteiger partial charge in [-0.2, -0.15) is 5.10 Å². The highest BCUT2D eigenvalue weighted by molar-refractivity contribution is 8.26. The van der Waals surface area contributed by atoms with E-state index in [4.69, 9.17) is 4.99 Å². The van der Waals surface area contributed by atoms with Gasteiger partial charge in [0.1, 0.15) is 10.7 Å². The minimum absolute atomic E-state index is 0.0152. The first-order chi connectivity index (χ1) is 16.8. The molecule has 2 aliphatic carbocycles. The lowest BCUT2D eigenvalue weighted by atomic mass is 9.77. The monoisotopic (exact) mass is 501 g/mol. The van der Waals surface area contributed by atoms with E-state index in [2.05, 4.69) is 18.1 Å². The molecule has 0 saturated heterocycles. The van der Waals surface area contributed by atoms with Crippen LogP contribution in [0.4, 0.5) is 14.5 Å². The number of carbonyl (C=O) groups excluding carboxylic acids is 1. The Labute approximate surface area is 212 Å². The van der Waals surface area contributed by atoms with Gasteiger partial charge in [-0.15, -0.1) is 0 Å². The number of hydrogen-bond donors (Lipinski definition) is 0. The molecule has 35 heavy (non-hydrogen) atoms. The third-order valence-corrected chi connectivity index (χ3v) is 8.95. The van der Waals surface area contributed by atoms with E-state index in [-0.39, 0.29) is 16.4 Å². The van der Waals surface area contributed by atoms with Gasteiger partial charge in [-0.25, -0.2) is 13.8 Å². The van der Waals surface area contributed by atoms with Crippen molar-refractivity contribution < 1.29 is 13.6 Å². The van der Waals surface area contributed by atoms with Crippen LogP contribution in [0.5, 0.6) is 0 Å². The van der Waals surface area contributed by atoms with Gasteiger partial charge in [0.2, 0.25) is 5.12 Å². The van der Waals surface area contributed by atoms with Crippen molar-refractivity contribution in [2.24, 2.45) is 23.4 Å². The predicted molar refractivity (Wildman–Crippen MR) is 140 cm³/mol. The maximum Gasteiger partial charge on any atom is 0.282 e. The molecule has 4 nitrogen and oxygen atoms in total. The number of nitrogens with zero attached hydrogens (tertiary/aromatic N) is 3. The molecule has 7 heteroatoms. The maximum atomic E-state index is 13.9. The van der Waals surface area contributed by atoms with Crippen molar-refractivity contribution in [2.75, 3.05) is 0 Å². The van der Waals surface area contributed by atoms with E-state index >= 15 is 0 Å². The van der Waals surface area contributed by atoms with Crippen LogP contribution in [-0.4, -0.2) is 19.9 Å². The van der Waals surface area contributed by atoms with Crippen LogP contribution in [-0.2, 0) is 11.8 Å². The number of alkyl halides is 2. The standard InChI is InChI=1S/C28H37F2N3OS/c1-4-10-19-13-14-20(17-19)21-11-6-7-12-23(21)31-26(22-18-33(3)32-24(22)25(29)30)35-27(34)28(2)15-8-5-9-16-28/h6-7,11-12,18-20,25H,4-5,8-10,13-17H2,1-3H3/b31-26+. The molecule has 2 aromatic rings. The highest BCUT2D eigenvalue weighted by atomic mass is 32.2. The minimum Gasteiger partial charge on any atom is -0.286 e.